The van der Waals surface area contributed by atoms with Crippen LogP contribution in [0.25, 0.3) is 10.9 Å². The minimum Gasteiger partial charge on any atom is -0.306 e. The molecule has 4 nitrogen and oxygen atoms in total. The summed E-state index contributed by atoms with van der Waals surface area (Å²) in [4.78, 5) is 4.29. The van der Waals surface area contributed by atoms with Gasteiger partial charge in [0.05, 0.1) is 17.0 Å². The maximum absolute atomic E-state index is 11.6. The number of sulfone groups is 1. The molecule has 1 aromatic heterocycles. The third-order valence-corrected chi connectivity index (χ3v) is 5.79. The van der Waals surface area contributed by atoms with Crippen LogP contribution in [0, 0.1) is 0 Å². The molecule has 5 heteroatoms. The fraction of sp³-hybridized carbons (Fsp3) is 0.400. The second-order valence-electron chi connectivity index (χ2n) is 5.79. The van der Waals surface area contributed by atoms with Crippen LogP contribution in [-0.4, -0.2) is 30.4 Å². The first-order valence-corrected chi connectivity index (χ1v) is 8.57. The van der Waals surface area contributed by atoms with Crippen LogP contribution in [0.15, 0.2) is 36.5 Å². The Morgan fingerprint density at radius 1 is 1.35 bits per heavy atom. The molecule has 2 heterocycles. The van der Waals surface area contributed by atoms with Crippen molar-refractivity contribution in [3.05, 3.63) is 42.1 Å². The highest BCUT2D eigenvalue weighted by atomic mass is 32.2. The number of aromatic nitrogens is 1. The number of hydrogen-bond acceptors (Lipinski definition) is 4. The Morgan fingerprint density at radius 2 is 2.20 bits per heavy atom. The smallest absolute Gasteiger partial charge is 0.152 e. The van der Waals surface area contributed by atoms with Gasteiger partial charge < -0.3 is 5.32 Å². The van der Waals surface area contributed by atoms with Crippen molar-refractivity contribution < 1.29 is 8.42 Å². The fourth-order valence-corrected chi connectivity index (χ4v) is 4.82. The van der Waals surface area contributed by atoms with Crippen molar-refractivity contribution in [3.8, 4) is 0 Å². The first-order chi connectivity index (χ1) is 9.46. The number of hydrogen-bond donors (Lipinski definition) is 1. The first-order valence-electron chi connectivity index (χ1n) is 6.75. The lowest BCUT2D eigenvalue weighted by Crippen LogP contribution is -2.42. The van der Waals surface area contributed by atoms with Crippen molar-refractivity contribution >= 4 is 20.7 Å². The SMILES string of the molecule is CC1(NCc2ccc3ncccc3c2)CCS(=O)(=O)C1. The molecular formula is C15H18N2O2S. The molecule has 1 atom stereocenters. The van der Waals surface area contributed by atoms with E-state index in [0.717, 1.165) is 16.5 Å². The van der Waals surface area contributed by atoms with Gasteiger partial charge in [-0.05, 0) is 37.1 Å². The maximum atomic E-state index is 11.6. The molecule has 1 unspecified atom stereocenters. The number of rotatable bonds is 3. The predicted octanol–water partition coefficient (Wildman–Crippen LogP) is 1.90. The van der Waals surface area contributed by atoms with Gasteiger partial charge in [-0.2, -0.15) is 0 Å². The van der Waals surface area contributed by atoms with Crippen molar-refractivity contribution in [3.63, 3.8) is 0 Å². The van der Waals surface area contributed by atoms with Crippen molar-refractivity contribution in [2.45, 2.75) is 25.4 Å². The Bertz CT molecular complexity index is 742. The van der Waals surface area contributed by atoms with Gasteiger partial charge in [0.15, 0.2) is 9.84 Å². The van der Waals surface area contributed by atoms with Gasteiger partial charge in [-0.1, -0.05) is 12.1 Å². The quantitative estimate of drug-likeness (QED) is 0.938. The Hall–Kier alpha value is -1.46. The molecule has 0 aliphatic carbocycles. The monoisotopic (exact) mass is 290 g/mol. The molecular weight excluding hydrogens is 272 g/mol. The molecule has 1 N–H and O–H groups in total. The largest absolute Gasteiger partial charge is 0.306 e. The summed E-state index contributed by atoms with van der Waals surface area (Å²) in [6, 6.07) is 10.1. The molecule has 1 aliphatic rings. The summed E-state index contributed by atoms with van der Waals surface area (Å²) in [5.74, 6) is 0.521. The third-order valence-electron chi connectivity index (χ3n) is 3.89. The van der Waals surface area contributed by atoms with Gasteiger partial charge in [0.2, 0.25) is 0 Å². The summed E-state index contributed by atoms with van der Waals surface area (Å²) in [7, 11) is -2.87. The molecule has 0 radical (unpaired) electrons. The summed E-state index contributed by atoms with van der Waals surface area (Å²) in [6.45, 7) is 2.66. The molecule has 20 heavy (non-hydrogen) atoms. The lowest BCUT2D eigenvalue weighted by molar-refractivity contribution is 0.395. The van der Waals surface area contributed by atoms with E-state index in [1.54, 1.807) is 6.20 Å². The van der Waals surface area contributed by atoms with Crippen LogP contribution in [-0.2, 0) is 16.4 Å². The molecule has 1 aromatic carbocycles. The maximum Gasteiger partial charge on any atom is 0.152 e. The van der Waals surface area contributed by atoms with E-state index in [1.165, 1.54) is 0 Å². The lowest BCUT2D eigenvalue weighted by atomic mass is 10.0. The average molecular weight is 290 g/mol. The van der Waals surface area contributed by atoms with Crippen LogP contribution >= 0.6 is 0 Å². The van der Waals surface area contributed by atoms with Gasteiger partial charge in [0, 0.05) is 23.7 Å². The van der Waals surface area contributed by atoms with E-state index in [4.69, 9.17) is 0 Å². The van der Waals surface area contributed by atoms with Gasteiger partial charge in [-0.25, -0.2) is 8.42 Å². The Labute approximate surface area is 119 Å². The van der Waals surface area contributed by atoms with Crippen LogP contribution in [0.2, 0.25) is 0 Å². The lowest BCUT2D eigenvalue weighted by Gasteiger charge is -2.24. The van der Waals surface area contributed by atoms with E-state index in [-0.39, 0.29) is 17.0 Å². The van der Waals surface area contributed by atoms with Crippen molar-refractivity contribution in [1.82, 2.24) is 10.3 Å². The number of nitrogens with one attached hydrogen (secondary N) is 1. The highest BCUT2D eigenvalue weighted by molar-refractivity contribution is 7.91. The van der Waals surface area contributed by atoms with Crippen LogP contribution in [0.1, 0.15) is 18.9 Å². The summed E-state index contributed by atoms with van der Waals surface area (Å²) in [6.07, 6.45) is 2.47. The average Bonchev–Trinajstić information content (AvgIpc) is 2.71. The number of nitrogens with zero attached hydrogens (tertiary/aromatic N) is 1. The van der Waals surface area contributed by atoms with Gasteiger partial charge >= 0.3 is 0 Å². The minimum atomic E-state index is -2.87. The van der Waals surface area contributed by atoms with Crippen LogP contribution in [0.5, 0.6) is 0 Å². The summed E-state index contributed by atoms with van der Waals surface area (Å²) in [5, 5.41) is 4.50. The zero-order valence-electron chi connectivity index (χ0n) is 11.5. The molecule has 106 valence electrons. The summed E-state index contributed by atoms with van der Waals surface area (Å²) in [5.41, 5.74) is 1.82. The van der Waals surface area contributed by atoms with E-state index in [1.807, 2.05) is 31.2 Å². The number of fused-ring (bicyclic) bond motifs is 1. The highest BCUT2D eigenvalue weighted by Crippen LogP contribution is 2.23. The van der Waals surface area contributed by atoms with Crippen molar-refractivity contribution in [2.75, 3.05) is 11.5 Å². The van der Waals surface area contributed by atoms with Crippen molar-refractivity contribution in [2.24, 2.45) is 0 Å². The molecule has 0 saturated carbocycles. The number of pyridine rings is 1. The zero-order valence-corrected chi connectivity index (χ0v) is 12.3. The van der Waals surface area contributed by atoms with E-state index < -0.39 is 9.84 Å². The molecule has 3 rings (SSSR count). The summed E-state index contributed by atoms with van der Waals surface area (Å²) < 4.78 is 23.2. The molecule has 2 aromatic rings. The molecule has 1 aliphatic heterocycles. The Kier molecular flexibility index (Phi) is 3.26. The Morgan fingerprint density at radius 3 is 2.95 bits per heavy atom. The molecule has 0 spiro atoms. The predicted molar refractivity (Wildman–Crippen MR) is 80.3 cm³/mol. The molecule has 1 fully saturated rings. The zero-order chi connectivity index (χ0) is 14.2. The fourth-order valence-electron chi connectivity index (χ4n) is 2.70. The topological polar surface area (TPSA) is 59.1 Å². The minimum absolute atomic E-state index is 0.231. The third kappa shape index (κ3) is 2.83. The van der Waals surface area contributed by atoms with Crippen LogP contribution < -0.4 is 5.32 Å². The van der Waals surface area contributed by atoms with Gasteiger partial charge in [-0.3, -0.25) is 4.98 Å². The van der Waals surface area contributed by atoms with Crippen LogP contribution in [0.4, 0.5) is 0 Å². The Balaban J connectivity index is 1.74. The second-order valence-corrected chi connectivity index (χ2v) is 7.97. The van der Waals surface area contributed by atoms with Crippen molar-refractivity contribution in [1.29, 1.82) is 0 Å². The van der Waals surface area contributed by atoms with E-state index in [9.17, 15) is 8.42 Å². The van der Waals surface area contributed by atoms with Crippen LogP contribution in [0.3, 0.4) is 0 Å². The van der Waals surface area contributed by atoms with E-state index in [2.05, 4.69) is 16.4 Å². The van der Waals surface area contributed by atoms with Gasteiger partial charge in [-0.15, -0.1) is 0 Å². The standard InChI is InChI=1S/C15H18N2O2S/c1-15(6-8-20(18,19)11-15)17-10-12-4-5-14-13(9-12)3-2-7-16-14/h2-5,7,9,17H,6,8,10-11H2,1H3. The molecule has 1 saturated heterocycles. The van der Waals surface area contributed by atoms with Gasteiger partial charge in [0.25, 0.3) is 0 Å². The van der Waals surface area contributed by atoms with E-state index in [0.29, 0.717) is 13.0 Å². The first kappa shape index (κ1) is 13.5. The highest BCUT2D eigenvalue weighted by Gasteiger charge is 2.37. The molecule has 0 bridgehead atoms. The molecule has 0 amide bonds. The summed E-state index contributed by atoms with van der Waals surface area (Å²) >= 11 is 0. The normalized spacial score (nSPS) is 25.1. The second kappa shape index (κ2) is 4.82. The number of benzene rings is 1. The van der Waals surface area contributed by atoms with E-state index >= 15 is 0 Å². The van der Waals surface area contributed by atoms with Gasteiger partial charge in [0.1, 0.15) is 0 Å².